The second-order valence-corrected chi connectivity index (χ2v) is 3.19. The van der Waals surface area contributed by atoms with E-state index in [4.69, 9.17) is 14.9 Å². The normalized spacial score (nSPS) is 14.4. The molecule has 0 spiro atoms. The number of aliphatic carboxylic acids is 2. The Hall–Kier alpha value is -1.18. The van der Waals surface area contributed by atoms with Gasteiger partial charge in [-0.05, 0) is 0 Å². The van der Waals surface area contributed by atoms with E-state index in [1.807, 2.05) is 0 Å². The molecule has 0 bridgehead atoms. The van der Waals surface area contributed by atoms with Crippen LogP contribution in [-0.2, 0) is 19.1 Å². The topological polar surface area (TPSA) is 113 Å². The van der Waals surface area contributed by atoms with Crippen LogP contribution in [-0.4, -0.2) is 53.9 Å². The highest BCUT2D eigenvalue weighted by molar-refractivity contribution is 5.77. The van der Waals surface area contributed by atoms with Crippen LogP contribution in [0.2, 0.25) is 0 Å². The van der Waals surface area contributed by atoms with Crippen LogP contribution < -0.4 is 0 Å². The van der Waals surface area contributed by atoms with Crippen LogP contribution in [0.25, 0.3) is 0 Å². The lowest BCUT2D eigenvalue weighted by Gasteiger charge is -2.15. The van der Waals surface area contributed by atoms with Gasteiger partial charge in [0.15, 0.2) is 6.29 Å². The molecule has 0 radical (unpaired) electrons. The number of rotatable bonds is 9. The fourth-order valence-corrected chi connectivity index (χ4v) is 1.06. The minimum atomic E-state index is -1.30. The van der Waals surface area contributed by atoms with Crippen LogP contribution in [0, 0.1) is 5.92 Å². The van der Waals surface area contributed by atoms with E-state index in [9.17, 15) is 14.7 Å². The van der Waals surface area contributed by atoms with Crippen LogP contribution in [0.15, 0.2) is 0 Å². The molecular weight excluding hydrogens is 220 g/mol. The molecule has 3 N–H and O–H groups in total. The van der Waals surface area contributed by atoms with Gasteiger partial charge >= 0.3 is 11.9 Å². The first-order valence-corrected chi connectivity index (χ1v) is 4.70. The van der Waals surface area contributed by atoms with Crippen LogP contribution in [0.5, 0.6) is 0 Å². The van der Waals surface area contributed by atoms with Gasteiger partial charge < -0.3 is 24.8 Å². The maximum atomic E-state index is 10.6. The number of hydrogen-bond donors (Lipinski definition) is 3. The van der Waals surface area contributed by atoms with Crippen molar-refractivity contribution in [3.63, 3.8) is 0 Å². The number of aliphatic hydroxyl groups excluding tert-OH is 1. The summed E-state index contributed by atoms with van der Waals surface area (Å²) >= 11 is 0. The molecule has 2 atom stereocenters. The molecule has 0 aromatic rings. The Balaban J connectivity index is 3.98. The van der Waals surface area contributed by atoms with E-state index in [1.165, 1.54) is 7.11 Å². The van der Waals surface area contributed by atoms with Gasteiger partial charge in [0.25, 0.3) is 0 Å². The maximum Gasteiger partial charge on any atom is 0.307 e. The van der Waals surface area contributed by atoms with Crippen molar-refractivity contribution >= 4 is 11.9 Å². The number of carboxylic acid groups (broad SMARTS) is 2. The van der Waals surface area contributed by atoms with Gasteiger partial charge in [-0.1, -0.05) is 0 Å². The SMILES string of the molecule is COCCOC(O)CC(CC(=O)O)C(=O)O. The summed E-state index contributed by atoms with van der Waals surface area (Å²) in [6, 6.07) is 0. The smallest absolute Gasteiger partial charge is 0.307 e. The highest BCUT2D eigenvalue weighted by Gasteiger charge is 2.24. The maximum absolute atomic E-state index is 10.6. The first-order valence-electron chi connectivity index (χ1n) is 4.70. The zero-order valence-electron chi connectivity index (χ0n) is 8.96. The third kappa shape index (κ3) is 7.16. The van der Waals surface area contributed by atoms with Crippen molar-refractivity contribution in [3.8, 4) is 0 Å². The Bertz CT molecular complexity index is 228. The van der Waals surface area contributed by atoms with E-state index in [0.29, 0.717) is 0 Å². The fraction of sp³-hybridized carbons (Fsp3) is 0.778. The summed E-state index contributed by atoms with van der Waals surface area (Å²) in [5, 5.41) is 26.4. The average molecular weight is 236 g/mol. The molecule has 7 heteroatoms. The predicted molar refractivity (Wildman–Crippen MR) is 51.8 cm³/mol. The average Bonchev–Trinajstić information content (AvgIpc) is 2.16. The quantitative estimate of drug-likeness (QED) is 0.366. The summed E-state index contributed by atoms with van der Waals surface area (Å²) in [6.07, 6.45) is -2.10. The number of aliphatic hydroxyl groups is 1. The highest BCUT2D eigenvalue weighted by Crippen LogP contribution is 2.12. The Morgan fingerprint density at radius 3 is 2.31 bits per heavy atom. The summed E-state index contributed by atoms with van der Waals surface area (Å²) in [6.45, 7) is 0.394. The van der Waals surface area contributed by atoms with Crippen molar-refractivity contribution in [1.82, 2.24) is 0 Å². The molecule has 0 aromatic carbocycles. The lowest BCUT2D eigenvalue weighted by atomic mass is 10.0. The van der Waals surface area contributed by atoms with Gasteiger partial charge in [0, 0.05) is 13.5 Å². The molecule has 0 aliphatic carbocycles. The summed E-state index contributed by atoms with van der Waals surface area (Å²) in [7, 11) is 1.46. The standard InChI is InChI=1S/C9H16O7/c1-15-2-3-16-8(12)5-6(9(13)14)4-7(10)11/h6,8,12H,2-5H2,1H3,(H,10,11)(H,13,14). The third-order valence-electron chi connectivity index (χ3n) is 1.85. The lowest BCUT2D eigenvalue weighted by Crippen LogP contribution is -2.25. The van der Waals surface area contributed by atoms with Crippen molar-refractivity contribution in [2.75, 3.05) is 20.3 Å². The van der Waals surface area contributed by atoms with E-state index in [1.54, 1.807) is 0 Å². The molecule has 0 saturated heterocycles. The Labute approximate surface area is 92.6 Å². The van der Waals surface area contributed by atoms with Gasteiger partial charge in [-0.3, -0.25) is 9.59 Å². The van der Waals surface area contributed by atoms with E-state index >= 15 is 0 Å². The highest BCUT2D eigenvalue weighted by atomic mass is 16.6. The molecule has 0 saturated carbocycles. The monoisotopic (exact) mass is 236 g/mol. The van der Waals surface area contributed by atoms with Crippen molar-refractivity contribution in [3.05, 3.63) is 0 Å². The molecule has 0 heterocycles. The third-order valence-corrected chi connectivity index (χ3v) is 1.85. The Morgan fingerprint density at radius 1 is 1.25 bits per heavy atom. The molecule has 2 unspecified atom stereocenters. The molecule has 0 aliphatic rings. The molecule has 0 amide bonds. The van der Waals surface area contributed by atoms with Crippen molar-refractivity contribution in [2.45, 2.75) is 19.1 Å². The van der Waals surface area contributed by atoms with Crippen molar-refractivity contribution < 1.29 is 34.4 Å². The van der Waals surface area contributed by atoms with Gasteiger partial charge in [-0.2, -0.15) is 0 Å². The van der Waals surface area contributed by atoms with Crippen LogP contribution in [0.3, 0.4) is 0 Å². The van der Waals surface area contributed by atoms with Crippen molar-refractivity contribution in [1.29, 1.82) is 0 Å². The lowest BCUT2D eigenvalue weighted by molar-refractivity contribution is -0.157. The first kappa shape index (κ1) is 14.8. The molecule has 7 nitrogen and oxygen atoms in total. The van der Waals surface area contributed by atoms with E-state index in [2.05, 4.69) is 4.74 Å². The zero-order chi connectivity index (χ0) is 12.6. The minimum absolute atomic E-state index is 0.122. The summed E-state index contributed by atoms with van der Waals surface area (Å²) in [4.78, 5) is 21.0. The number of hydrogen-bond acceptors (Lipinski definition) is 5. The largest absolute Gasteiger partial charge is 0.481 e. The summed E-state index contributed by atoms with van der Waals surface area (Å²) < 4.78 is 9.48. The van der Waals surface area contributed by atoms with Gasteiger partial charge in [0.05, 0.1) is 25.6 Å². The number of methoxy groups -OCH3 is 1. The number of carbonyl (C=O) groups is 2. The van der Waals surface area contributed by atoms with E-state index in [-0.39, 0.29) is 19.6 Å². The van der Waals surface area contributed by atoms with Crippen LogP contribution >= 0.6 is 0 Å². The second kappa shape index (κ2) is 8.03. The molecule has 0 aliphatic heterocycles. The van der Waals surface area contributed by atoms with Gasteiger partial charge in [-0.15, -0.1) is 0 Å². The molecule has 94 valence electrons. The first-order chi connectivity index (χ1) is 7.47. The zero-order valence-corrected chi connectivity index (χ0v) is 8.96. The molecule has 0 fully saturated rings. The summed E-state index contributed by atoms with van der Waals surface area (Å²) in [5.74, 6) is -3.65. The van der Waals surface area contributed by atoms with Gasteiger partial charge in [0.2, 0.25) is 0 Å². The minimum Gasteiger partial charge on any atom is -0.481 e. The molecule has 16 heavy (non-hydrogen) atoms. The molecular formula is C9H16O7. The predicted octanol–water partition coefficient (Wildman–Crippen LogP) is -0.467. The number of ether oxygens (including phenoxy) is 2. The molecule has 0 aromatic heterocycles. The van der Waals surface area contributed by atoms with Crippen molar-refractivity contribution in [2.24, 2.45) is 5.92 Å². The van der Waals surface area contributed by atoms with Crippen LogP contribution in [0.1, 0.15) is 12.8 Å². The Morgan fingerprint density at radius 2 is 1.88 bits per heavy atom. The Kier molecular flexibility index (Phi) is 7.44. The van der Waals surface area contributed by atoms with E-state index in [0.717, 1.165) is 0 Å². The number of carboxylic acids is 2. The van der Waals surface area contributed by atoms with Gasteiger partial charge in [-0.25, -0.2) is 0 Å². The molecule has 0 rings (SSSR count). The summed E-state index contributed by atoms with van der Waals surface area (Å²) in [5.41, 5.74) is 0. The van der Waals surface area contributed by atoms with Gasteiger partial charge in [0.1, 0.15) is 0 Å². The second-order valence-electron chi connectivity index (χ2n) is 3.19. The fourth-order valence-electron chi connectivity index (χ4n) is 1.06. The van der Waals surface area contributed by atoms with Crippen LogP contribution in [0.4, 0.5) is 0 Å². The van der Waals surface area contributed by atoms with E-state index < -0.39 is 30.6 Å².